The number of nitrogens with zero attached hydrogens (tertiary/aromatic N) is 1. The normalized spacial score (nSPS) is 12.0. The lowest BCUT2D eigenvalue weighted by Crippen LogP contribution is -2.35. The topological polar surface area (TPSA) is 84.7 Å². The predicted octanol–water partition coefficient (Wildman–Crippen LogP) is 2.88. The fourth-order valence-corrected chi connectivity index (χ4v) is 3.39. The molecular weight excluding hydrogens is 338 g/mol. The number of nitrogens with one attached hydrogen (secondary N) is 1. The first-order valence-electron chi connectivity index (χ1n) is 8.01. The highest BCUT2D eigenvalue weighted by Crippen LogP contribution is 2.25. The molecule has 1 aromatic carbocycles. The number of carbonyl (C=O) groups is 2. The summed E-state index contributed by atoms with van der Waals surface area (Å²) in [6.07, 6.45) is 0. The minimum absolute atomic E-state index is 0.0461. The minimum Gasteiger partial charge on any atom is -0.497 e. The Bertz CT molecular complexity index is 745. The van der Waals surface area contributed by atoms with Crippen LogP contribution in [0.25, 0.3) is 0 Å². The Morgan fingerprint density at radius 1 is 1.36 bits per heavy atom. The van der Waals surface area contributed by atoms with Crippen molar-refractivity contribution in [1.82, 2.24) is 4.90 Å². The number of amides is 2. The van der Waals surface area contributed by atoms with E-state index in [0.717, 1.165) is 11.3 Å². The van der Waals surface area contributed by atoms with Gasteiger partial charge < -0.3 is 15.8 Å². The van der Waals surface area contributed by atoms with Crippen molar-refractivity contribution in [2.75, 3.05) is 25.5 Å². The molecule has 0 spiro atoms. The Hall–Kier alpha value is -2.38. The lowest BCUT2D eigenvalue weighted by molar-refractivity contribution is -0.117. The lowest BCUT2D eigenvalue weighted by Gasteiger charge is -2.27. The summed E-state index contributed by atoms with van der Waals surface area (Å²) in [6, 6.07) is 9.46. The van der Waals surface area contributed by atoms with E-state index in [4.69, 9.17) is 10.5 Å². The van der Waals surface area contributed by atoms with Crippen LogP contribution in [0.15, 0.2) is 35.7 Å². The van der Waals surface area contributed by atoms with Crippen molar-refractivity contribution in [3.8, 4) is 5.75 Å². The quantitative estimate of drug-likeness (QED) is 0.757. The van der Waals surface area contributed by atoms with Crippen molar-refractivity contribution in [3.05, 3.63) is 46.8 Å². The number of primary amides is 1. The van der Waals surface area contributed by atoms with E-state index in [2.05, 4.69) is 5.32 Å². The summed E-state index contributed by atoms with van der Waals surface area (Å²) in [5.74, 6) is 0.0599. The highest BCUT2D eigenvalue weighted by atomic mass is 32.1. The van der Waals surface area contributed by atoms with E-state index in [-0.39, 0.29) is 18.5 Å². The van der Waals surface area contributed by atoms with Crippen molar-refractivity contribution in [1.29, 1.82) is 0 Å². The number of hydrogen-bond donors (Lipinski definition) is 2. The van der Waals surface area contributed by atoms with Crippen molar-refractivity contribution < 1.29 is 14.3 Å². The average Bonchev–Trinajstić information content (AvgIpc) is 3.07. The van der Waals surface area contributed by atoms with Gasteiger partial charge in [0.05, 0.1) is 19.2 Å². The summed E-state index contributed by atoms with van der Waals surface area (Å²) >= 11 is 1.28. The molecule has 2 aromatic rings. The molecule has 0 saturated heterocycles. The van der Waals surface area contributed by atoms with Gasteiger partial charge in [-0.1, -0.05) is 19.1 Å². The summed E-state index contributed by atoms with van der Waals surface area (Å²) in [7, 11) is 1.63. The lowest BCUT2D eigenvalue weighted by atomic mass is 10.1. The van der Waals surface area contributed by atoms with Crippen LogP contribution in [0.1, 0.15) is 35.8 Å². The molecule has 0 saturated carbocycles. The molecule has 1 heterocycles. The Balaban J connectivity index is 2.06. The molecular formula is C18H23N3O3S. The van der Waals surface area contributed by atoms with Gasteiger partial charge in [-0.05, 0) is 42.6 Å². The first kappa shape index (κ1) is 19.0. The van der Waals surface area contributed by atoms with Gasteiger partial charge in [-0.3, -0.25) is 14.5 Å². The fourth-order valence-electron chi connectivity index (χ4n) is 2.59. The van der Waals surface area contributed by atoms with Crippen LogP contribution in [0.3, 0.4) is 0 Å². The molecule has 0 fully saturated rings. The molecule has 3 N–H and O–H groups in total. The van der Waals surface area contributed by atoms with Crippen LogP contribution in [0.4, 0.5) is 5.00 Å². The van der Waals surface area contributed by atoms with Gasteiger partial charge in [0, 0.05) is 6.04 Å². The van der Waals surface area contributed by atoms with Crippen molar-refractivity contribution in [3.63, 3.8) is 0 Å². The predicted molar refractivity (Wildman–Crippen MR) is 100 cm³/mol. The third-order valence-electron chi connectivity index (χ3n) is 4.06. The molecule has 0 unspecified atom stereocenters. The number of ether oxygens (including phenoxy) is 1. The summed E-state index contributed by atoms with van der Waals surface area (Å²) in [5, 5.41) is 4.99. The Morgan fingerprint density at radius 2 is 2.12 bits per heavy atom. The average molecular weight is 361 g/mol. The second-order valence-electron chi connectivity index (χ2n) is 5.59. The van der Waals surface area contributed by atoms with Crippen molar-refractivity contribution in [2.45, 2.75) is 19.9 Å². The van der Waals surface area contributed by atoms with Gasteiger partial charge in [-0.2, -0.15) is 0 Å². The van der Waals surface area contributed by atoms with E-state index in [9.17, 15) is 9.59 Å². The van der Waals surface area contributed by atoms with Gasteiger partial charge in [0.25, 0.3) is 5.91 Å². The molecule has 0 aliphatic rings. The molecule has 2 amide bonds. The fraction of sp³-hybridized carbons (Fsp3) is 0.333. The van der Waals surface area contributed by atoms with Crippen LogP contribution >= 0.6 is 11.3 Å². The van der Waals surface area contributed by atoms with Crippen LogP contribution in [-0.4, -0.2) is 36.9 Å². The first-order chi connectivity index (χ1) is 12.0. The maximum absolute atomic E-state index is 12.4. The van der Waals surface area contributed by atoms with Crippen LogP contribution in [0.5, 0.6) is 5.75 Å². The van der Waals surface area contributed by atoms with Crippen molar-refractivity contribution >= 4 is 28.2 Å². The number of likely N-dealkylation sites (N-methyl/N-ethyl adjacent to an activating group) is 1. The summed E-state index contributed by atoms with van der Waals surface area (Å²) in [5.41, 5.74) is 6.72. The van der Waals surface area contributed by atoms with E-state index < -0.39 is 5.91 Å². The molecule has 0 aliphatic heterocycles. The van der Waals surface area contributed by atoms with Crippen LogP contribution in [0.2, 0.25) is 0 Å². The van der Waals surface area contributed by atoms with Gasteiger partial charge >= 0.3 is 0 Å². The highest BCUT2D eigenvalue weighted by Gasteiger charge is 2.19. The molecule has 134 valence electrons. The molecule has 2 rings (SSSR count). The molecule has 6 nitrogen and oxygen atoms in total. The van der Waals surface area contributed by atoms with Crippen LogP contribution in [0, 0.1) is 0 Å². The summed E-state index contributed by atoms with van der Waals surface area (Å²) in [6.45, 7) is 4.97. The number of methoxy groups -OCH3 is 1. The summed E-state index contributed by atoms with van der Waals surface area (Å²) < 4.78 is 5.27. The van der Waals surface area contributed by atoms with E-state index in [0.29, 0.717) is 17.1 Å². The zero-order valence-corrected chi connectivity index (χ0v) is 15.4. The highest BCUT2D eigenvalue weighted by molar-refractivity contribution is 7.14. The van der Waals surface area contributed by atoms with Gasteiger partial charge in [-0.25, -0.2) is 0 Å². The third-order valence-corrected chi connectivity index (χ3v) is 4.89. The second kappa shape index (κ2) is 8.64. The molecule has 0 bridgehead atoms. The van der Waals surface area contributed by atoms with E-state index in [1.54, 1.807) is 18.6 Å². The standard InChI is InChI=1S/C18H23N3O3S/c1-4-21(12(2)13-6-5-7-14(10-13)24-3)11-16(22)20-18-15(17(19)23)8-9-25-18/h5-10,12H,4,11H2,1-3H3,(H2,19,23)(H,20,22)/t12-/m0/s1. The number of rotatable bonds is 8. The van der Waals surface area contributed by atoms with Crippen molar-refractivity contribution in [2.24, 2.45) is 5.73 Å². The van der Waals surface area contributed by atoms with Gasteiger partial charge in [0.1, 0.15) is 10.8 Å². The second-order valence-corrected chi connectivity index (χ2v) is 6.51. The van der Waals surface area contributed by atoms with Gasteiger partial charge in [-0.15, -0.1) is 11.3 Å². The smallest absolute Gasteiger partial charge is 0.251 e. The summed E-state index contributed by atoms with van der Waals surface area (Å²) in [4.78, 5) is 25.8. The van der Waals surface area contributed by atoms with Gasteiger partial charge in [0.15, 0.2) is 0 Å². The number of benzene rings is 1. The van der Waals surface area contributed by atoms with Crippen LogP contribution in [-0.2, 0) is 4.79 Å². The zero-order chi connectivity index (χ0) is 18.4. The van der Waals surface area contributed by atoms with Gasteiger partial charge in [0.2, 0.25) is 5.91 Å². The number of anilines is 1. The van der Waals surface area contributed by atoms with E-state index >= 15 is 0 Å². The number of nitrogens with two attached hydrogens (primary N) is 1. The molecule has 0 radical (unpaired) electrons. The molecule has 0 aliphatic carbocycles. The Kier molecular flexibility index (Phi) is 6.55. The van der Waals surface area contributed by atoms with Crippen LogP contribution < -0.4 is 15.8 Å². The number of thiophene rings is 1. The molecule has 1 aromatic heterocycles. The Morgan fingerprint density at radius 3 is 2.76 bits per heavy atom. The minimum atomic E-state index is -0.548. The molecule has 25 heavy (non-hydrogen) atoms. The Labute approximate surface area is 151 Å². The third kappa shape index (κ3) is 4.80. The largest absolute Gasteiger partial charge is 0.497 e. The van der Waals surface area contributed by atoms with E-state index in [1.807, 2.05) is 43.0 Å². The monoisotopic (exact) mass is 361 g/mol. The molecule has 7 heteroatoms. The SMILES string of the molecule is CCN(CC(=O)Nc1sccc1C(N)=O)[C@@H](C)c1cccc(OC)c1. The number of hydrogen-bond acceptors (Lipinski definition) is 5. The zero-order valence-electron chi connectivity index (χ0n) is 14.6. The first-order valence-corrected chi connectivity index (χ1v) is 8.89. The number of carbonyl (C=O) groups excluding carboxylic acids is 2. The van der Waals surface area contributed by atoms with E-state index in [1.165, 1.54) is 11.3 Å². The maximum Gasteiger partial charge on any atom is 0.251 e. The molecule has 1 atom stereocenters. The maximum atomic E-state index is 12.4.